The lowest BCUT2D eigenvalue weighted by atomic mass is 10.0. The molecule has 0 aromatic heterocycles. The van der Waals surface area contributed by atoms with Gasteiger partial charge in [0.1, 0.15) is 19.3 Å². The highest BCUT2D eigenvalue weighted by molar-refractivity contribution is 7.47. The first-order valence-corrected chi connectivity index (χ1v) is 41.1. The van der Waals surface area contributed by atoms with Gasteiger partial charge in [-0.05, 0) is 31.6 Å². The predicted molar refractivity (Wildman–Crippen MR) is 372 cm³/mol. The van der Waals surface area contributed by atoms with Crippen molar-refractivity contribution in [2.24, 2.45) is 5.92 Å². The number of carbonyl (C=O) groups excluding carboxylic acids is 4. The normalized spacial score (nSPS) is 14.0. The quantitative estimate of drug-likeness (QED) is 0.0222. The molecule has 546 valence electrons. The zero-order valence-corrected chi connectivity index (χ0v) is 61.5. The molecule has 0 aromatic rings. The number of phosphoric ester groups is 2. The van der Waals surface area contributed by atoms with Crippen molar-refractivity contribution >= 4 is 39.5 Å². The lowest BCUT2D eigenvalue weighted by molar-refractivity contribution is -0.161. The van der Waals surface area contributed by atoms with Crippen LogP contribution in [0.2, 0.25) is 0 Å². The van der Waals surface area contributed by atoms with Crippen LogP contribution in [0.15, 0.2) is 0 Å². The molecule has 0 aromatic carbocycles. The summed E-state index contributed by atoms with van der Waals surface area (Å²) in [7, 11) is -9.90. The summed E-state index contributed by atoms with van der Waals surface area (Å²) in [5.41, 5.74) is 0. The number of hydrogen-bond donors (Lipinski definition) is 3. The minimum absolute atomic E-state index is 0.105. The van der Waals surface area contributed by atoms with E-state index in [1.807, 2.05) is 0 Å². The number of aliphatic hydroxyl groups is 1. The van der Waals surface area contributed by atoms with Gasteiger partial charge in [-0.3, -0.25) is 37.3 Å². The van der Waals surface area contributed by atoms with Gasteiger partial charge in [0.25, 0.3) is 0 Å². The van der Waals surface area contributed by atoms with E-state index in [1.165, 1.54) is 199 Å². The van der Waals surface area contributed by atoms with Gasteiger partial charge < -0.3 is 33.8 Å². The van der Waals surface area contributed by atoms with Gasteiger partial charge >= 0.3 is 39.5 Å². The third-order valence-electron chi connectivity index (χ3n) is 17.0. The number of ether oxygens (including phenoxy) is 4. The van der Waals surface area contributed by atoms with E-state index in [2.05, 4.69) is 34.6 Å². The fourth-order valence-corrected chi connectivity index (χ4v) is 12.8. The highest BCUT2D eigenvalue weighted by atomic mass is 31.2. The van der Waals surface area contributed by atoms with Crippen LogP contribution in [0.1, 0.15) is 381 Å². The first-order valence-electron chi connectivity index (χ1n) is 38.1. The molecule has 0 saturated heterocycles. The lowest BCUT2D eigenvalue weighted by Crippen LogP contribution is -2.30. The summed E-state index contributed by atoms with van der Waals surface area (Å²) < 4.78 is 68.3. The molecular formula is C73H142O17P2. The Balaban J connectivity index is 5.21. The van der Waals surface area contributed by atoms with Crippen molar-refractivity contribution in [2.45, 2.75) is 400 Å². The molecule has 0 aliphatic carbocycles. The summed E-state index contributed by atoms with van der Waals surface area (Å²) in [4.78, 5) is 72.6. The van der Waals surface area contributed by atoms with Gasteiger partial charge in [0, 0.05) is 25.7 Å². The second kappa shape index (κ2) is 66.3. The molecule has 92 heavy (non-hydrogen) atoms. The Morgan fingerprint density at radius 2 is 0.500 bits per heavy atom. The molecule has 3 N–H and O–H groups in total. The number of rotatable bonds is 73. The Morgan fingerprint density at radius 1 is 0.293 bits per heavy atom. The Hall–Kier alpha value is -1.94. The van der Waals surface area contributed by atoms with Crippen LogP contribution in [0, 0.1) is 5.92 Å². The Labute approximate surface area is 562 Å². The minimum atomic E-state index is -4.95. The van der Waals surface area contributed by atoms with Crippen LogP contribution in [0.5, 0.6) is 0 Å². The maximum absolute atomic E-state index is 13.1. The maximum Gasteiger partial charge on any atom is 0.472 e. The van der Waals surface area contributed by atoms with E-state index < -0.39 is 97.5 Å². The van der Waals surface area contributed by atoms with E-state index in [1.54, 1.807) is 0 Å². The standard InChI is InChI=1S/C73H142O17P2/c1-6-9-12-15-18-21-23-25-27-28-29-30-32-34-38-43-48-53-58-72(77)89-69(63-84-71(76)57-52-47-42-37-33-31-26-24-22-19-16-13-10-7-2)65-88-92(81,82)86-61-67(74)60-85-91(79,80)87-64-68(62-83-70(75)56-51-46-41-20-17-14-11-8-3)90-73(78)59-54-49-44-39-35-36-40-45-50-55-66(4)5/h66-69,74H,6-65H2,1-5H3,(H,79,80)(H,81,82)/t67-,68+,69+/m0/s1. The van der Waals surface area contributed by atoms with E-state index >= 15 is 0 Å². The number of esters is 4. The van der Waals surface area contributed by atoms with E-state index in [0.717, 1.165) is 102 Å². The molecule has 0 aliphatic heterocycles. The molecule has 0 heterocycles. The fraction of sp³-hybridized carbons (Fsp3) is 0.945. The average molecular weight is 1350 g/mol. The van der Waals surface area contributed by atoms with Crippen molar-refractivity contribution in [1.29, 1.82) is 0 Å². The van der Waals surface area contributed by atoms with Crippen LogP contribution in [-0.2, 0) is 65.4 Å². The number of aliphatic hydroxyl groups excluding tert-OH is 1. The summed E-state index contributed by atoms with van der Waals surface area (Å²) in [6.45, 7) is 7.22. The number of phosphoric acid groups is 2. The number of hydrogen-bond acceptors (Lipinski definition) is 15. The second-order valence-electron chi connectivity index (χ2n) is 26.8. The van der Waals surface area contributed by atoms with E-state index in [0.29, 0.717) is 25.7 Å². The van der Waals surface area contributed by atoms with Gasteiger partial charge in [-0.2, -0.15) is 0 Å². The van der Waals surface area contributed by atoms with Crippen molar-refractivity contribution in [3.8, 4) is 0 Å². The molecule has 2 unspecified atom stereocenters. The van der Waals surface area contributed by atoms with Gasteiger partial charge in [0.05, 0.1) is 26.4 Å². The number of unbranched alkanes of at least 4 members (excludes halogenated alkanes) is 45. The predicted octanol–water partition coefficient (Wildman–Crippen LogP) is 21.3. The van der Waals surface area contributed by atoms with Crippen molar-refractivity contribution in [1.82, 2.24) is 0 Å². The van der Waals surface area contributed by atoms with Crippen LogP contribution in [-0.4, -0.2) is 96.7 Å². The van der Waals surface area contributed by atoms with Crippen molar-refractivity contribution in [2.75, 3.05) is 39.6 Å². The molecule has 0 amide bonds. The maximum atomic E-state index is 13.1. The Bertz CT molecular complexity index is 1770. The largest absolute Gasteiger partial charge is 0.472 e. The van der Waals surface area contributed by atoms with E-state index in [4.69, 9.17) is 37.0 Å². The molecular weight excluding hydrogens is 1210 g/mol. The van der Waals surface area contributed by atoms with Crippen molar-refractivity contribution in [3.63, 3.8) is 0 Å². The molecule has 0 fully saturated rings. The summed E-state index contributed by atoms with van der Waals surface area (Å²) in [6.07, 6.45) is 54.1. The van der Waals surface area contributed by atoms with Crippen molar-refractivity contribution in [3.05, 3.63) is 0 Å². The highest BCUT2D eigenvalue weighted by Gasteiger charge is 2.30. The summed E-state index contributed by atoms with van der Waals surface area (Å²) in [6, 6.07) is 0. The summed E-state index contributed by atoms with van der Waals surface area (Å²) in [5.74, 6) is -1.38. The van der Waals surface area contributed by atoms with Crippen LogP contribution in [0.3, 0.4) is 0 Å². The Morgan fingerprint density at radius 3 is 0.739 bits per heavy atom. The SMILES string of the molecule is CCCCCCCCCCCCCCCCCCCCC(=O)O[C@H](COC(=O)CCCCCCCCCCCCCCCC)COP(=O)(O)OC[C@@H](O)COP(=O)(O)OC[C@@H](COC(=O)CCCCCCCCCC)OC(=O)CCCCCCCCCCCC(C)C. The lowest BCUT2D eigenvalue weighted by Gasteiger charge is -2.21. The fourth-order valence-electron chi connectivity index (χ4n) is 11.2. The third kappa shape index (κ3) is 66.7. The van der Waals surface area contributed by atoms with Gasteiger partial charge in [-0.1, -0.05) is 330 Å². The van der Waals surface area contributed by atoms with Crippen LogP contribution >= 0.6 is 15.6 Å². The zero-order chi connectivity index (χ0) is 67.7. The second-order valence-corrected chi connectivity index (χ2v) is 29.7. The van der Waals surface area contributed by atoms with Crippen LogP contribution in [0.4, 0.5) is 0 Å². The molecule has 0 aliphatic rings. The van der Waals surface area contributed by atoms with Gasteiger partial charge in [0.15, 0.2) is 12.2 Å². The highest BCUT2D eigenvalue weighted by Crippen LogP contribution is 2.45. The number of carbonyl (C=O) groups is 4. The molecule has 5 atom stereocenters. The summed E-state index contributed by atoms with van der Waals surface area (Å²) in [5, 5.41) is 10.6. The third-order valence-corrected chi connectivity index (χ3v) is 18.9. The van der Waals surface area contributed by atoms with Gasteiger partial charge in [-0.25, -0.2) is 9.13 Å². The average Bonchev–Trinajstić information content (AvgIpc) is 2.31. The first-order chi connectivity index (χ1) is 44.5. The Kier molecular flexibility index (Phi) is 64.9. The molecule has 0 radical (unpaired) electrons. The molecule has 0 saturated carbocycles. The molecule has 0 bridgehead atoms. The first kappa shape index (κ1) is 90.1. The molecule has 17 nitrogen and oxygen atoms in total. The molecule has 19 heteroatoms. The topological polar surface area (TPSA) is 237 Å². The monoisotopic (exact) mass is 1350 g/mol. The molecule has 0 rings (SSSR count). The minimum Gasteiger partial charge on any atom is -0.462 e. The van der Waals surface area contributed by atoms with Crippen molar-refractivity contribution < 1.29 is 80.2 Å². The van der Waals surface area contributed by atoms with Gasteiger partial charge in [-0.15, -0.1) is 0 Å². The zero-order valence-electron chi connectivity index (χ0n) is 59.7. The van der Waals surface area contributed by atoms with E-state index in [9.17, 15) is 43.2 Å². The van der Waals surface area contributed by atoms with Crippen LogP contribution in [0.25, 0.3) is 0 Å². The summed E-state index contributed by atoms with van der Waals surface area (Å²) >= 11 is 0. The smallest absolute Gasteiger partial charge is 0.462 e. The van der Waals surface area contributed by atoms with E-state index in [-0.39, 0.29) is 25.7 Å². The van der Waals surface area contributed by atoms with Crippen LogP contribution < -0.4 is 0 Å². The molecule has 0 spiro atoms. The van der Waals surface area contributed by atoms with Gasteiger partial charge in [0.2, 0.25) is 0 Å².